The molecule has 34 heavy (non-hydrogen) atoms. The average molecular weight is 487 g/mol. The molecule has 182 valence electrons. The minimum atomic E-state index is -0.567. The van der Waals surface area contributed by atoms with Crippen LogP contribution in [0.5, 0.6) is 0 Å². The second-order valence-electron chi connectivity index (χ2n) is 9.91. The van der Waals surface area contributed by atoms with Gasteiger partial charge in [-0.15, -0.1) is 0 Å². The summed E-state index contributed by atoms with van der Waals surface area (Å²) in [6.45, 7) is 9.31. The van der Waals surface area contributed by atoms with Crippen molar-refractivity contribution in [2.75, 3.05) is 31.1 Å². The highest BCUT2D eigenvalue weighted by atomic mass is 35.5. The number of piperazine rings is 1. The molecule has 0 radical (unpaired) electrons. The number of rotatable bonds is 5. The van der Waals surface area contributed by atoms with Gasteiger partial charge in [-0.05, 0) is 18.2 Å². The Bertz CT molecular complexity index is 1360. The van der Waals surface area contributed by atoms with Crippen molar-refractivity contribution in [2.45, 2.75) is 33.9 Å². The molecule has 3 aromatic rings. The van der Waals surface area contributed by atoms with Crippen molar-refractivity contribution in [2.24, 2.45) is 19.5 Å². The van der Waals surface area contributed by atoms with Gasteiger partial charge in [0.05, 0.1) is 13.1 Å². The molecule has 0 atom stereocenters. The predicted octanol–water partition coefficient (Wildman–Crippen LogP) is 2.02. The van der Waals surface area contributed by atoms with Gasteiger partial charge in [0, 0.05) is 56.4 Å². The SMILES string of the molecule is Cn1c(=O)c2c(nc(CN3CCN(c4cccc(Cl)c4)CC3)n2CC(=O)C(C)(C)C)n(C)c1=O. The van der Waals surface area contributed by atoms with E-state index in [2.05, 4.69) is 20.9 Å². The molecule has 0 unspecified atom stereocenters. The van der Waals surface area contributed by atoms with Gasteiger partial charge in [0.25, 0.3) is 5.56 Å². The number of hydrogen-bond donors (Lipinski definition) is 0. The van der Waals surface area contributed by atoms with E-state index in [1.54, 1.807) is 11.6 Å². The zero-order valence-corrected chi connectivity index (χ0v) is 21.1. The number of benzene rings is 1. The summed E-state index contributed by atoms with van der Waals surface area (Å²) >= 11 is 6.15. The molecule has 2 aromatic heterocycles. The zero-order chi connectivity index (χ0) is 24.8. The molecule has 0 aliphatic carbocycles. The Labute approximate surface area is 203 Å². The number of carbonyl (C=O) groups excluding carboxylic acids is 1. The molecule has 0 spiro atoms. The summed E-state index contributed by atoms with van der Waals surface area (Å²) in [4.78, 5) is 47.7. The van der Waals surface area contributed by atoms with Crippen LogP contribution in [-0.4, -0.2) is 55.5 Å². The van der Waals surface area contributed by atoms with Crippen molar-refractivity contribution in [3.8, 4) is 0 Å². The summed E-state index contributed by atoms with van der Waals surface area (Å²) in [5, 5.41) is 0.712. The minimum Gasteiger partial charge on any atom is -0.369 e. The first-order valence-electron chi connectivity index (χ1n) is 11.4. The van der Waals surface area contributed by atoms with Crippen LogP contribution in [-0.2, 0) is 32.0 Å². The maximum atomic E-state index is 13.0. The Morgan fingerprint density at radius 1 is 1.06 bits per heavy atom. The molecule has 0 N–H and O–H groups in total. The Balaban J connectivity index is 1.65. The van der Waals surface area contributed by atoms with Crippen LogP contribution in [0.2, 0.25) is 5.02 Å². The summed E-state index contributed by atoms with van der Waals surface area (Å²) in [5.74, 6) is 0.608. The van der Waals surface area contributed by atoms with E-state index >= 15 is 0 Å². The number of halogens is 1. The van der Waals surface area contributed by atoms with Crippen LogP contribution in [0.25, 0.3) is 11.2 Å². The number of Topliss-reactive ketones (excluding diaryl/α,β-unsaturated/α-hetero) is 1. The second kappa shape index (κ2) is 9.03. The van der Waals surface area contributed by atoms with Gasteiger partial charge in [-0.25, -0.2) is 9.78 Å². The van der Waals surface area contributed by atoms with E-state index in [0.717, 1.165) is 36.4 Å². The molecule has 1 saturated heterocycles. The molecule has 1 aliphatic heterocycles. The summed E-state index contributed by atoms with van der Waals surface area (Å²) in [5.41, 5.74) is 0.239. The lowest BCUT2D eigenvalue weighted by Crippen LogP contribution is -2.46. The smallest absolute Gasteiger partial charge is 0.332 e. The number of anilines is 1. The molecule has 3 heterocycles. The van der Waals surface area contributed by atoms with E-state index in [9.17, 15) is 14.4 Å². The number of aryl methyl sites for hydroxylation is 1. The molecule has 1 aliphatic rings. The molecule has 0 bridgehead atoms. The number of ketones is 1. The van der Waals surface area contributed by atoms with Crippen molar-refractivity contribution in [3.63, 3.8) is 0 Å². The number of aromatic nitrogens is 4. The van der Waals surface area contributed by atoms with Crippen molar-refractivity contribution in [3.05, 3.63) is 56.0 Å². The largest absolute Gasteiger partial charge is 0.369 e. The van der Waals surface area contributed by atoms with E-state index < -0.39 is 16.7 Å². The van der Waals surface area contributed by atoms with Gasteiger partial charge < -0.3 is 9.47 Å². The Kier molecular flexibility index (Phi) is 6.44. The van der Waals surface area contributed by atoms with Gasteiger partial charge in [0.15, 0.2) is 16.9 Å². The van der Waals surface area contributed by atoms with E-state index in [0.29, 0.717) is 23.0 Å². The van der Waals surface area contributed by atoms with Crippen molar-refractivity contribution in [1.29, 1.82) is 0 Å². The molecule has 0 saturated carbocycles. The number of imidazole rings is 1. The normalized spacial score (nSPS) is 15.3. The molecule has 0 amide bonds. The van der Waals surface area contributed by atoms with Crippen molar-refractivity contribution in [1.82, 2.24) is 23.6 Å². The lowest BCUT2D eigenvalue weighted by Gasteiger charge is -2.36. The third-order valence-electron chi connectivity index (χ3n) is 6.48. The molecule has 10 heteroatoms. The first-order valence-corrected chi connectivity index (χ1v) is 11.8. The van der Waals surface area contributed by atoms with Crippen LogP contribution in [0.4, 0.5) is 5.69 Å². The average Bonchev–Trinajstić information content (AvgIpc) is 3.14. The van der Waals surface area contributed by atoms with Gasteiger partial charge in [0.2, 0.25) is 0 Å². The Morgan fingerprint density at radius 2 is 1.74 bits per heavy atom. The summed E-state index contributed by atoms with van der Waals surface area (Å²) < 4.78 is 4.14. The fourth-order valence-electron chi connectivity index (χ4n) is 4.20. The fourth-order valence-corrected chi connectivity index (χ4v) is 4.38. The van der Waals surface area contributed by atoms with Crippen LogP contribution < -0.4 is 16.1 Å². The van der Waals surface area contributed by atoms with Crippen molar-refractivity contribution < 1.29 is 4.79 Å². The molecule has 1 aromatic carbocycles. The molecular formula is C24H31ClN6O3. The van der Waals surface area contributed by atoms with Gasteiger partial charge in [-0.1, -0.05) is 38.4 Å². The number of fused-ring (bicyclic) bond motifs is 1. The van der Waals surface area contributed by atoms with Gasteiger partial charge in [0.1, 0.15) is 5.82 Å². The third-order valence-corrected chi connectivity index (χ3v) is 6.71. The number of carbonyl (C=O) groups is 1. The van der Waals surface area contributed by atoms with Crippen LogP contribution in [0.1, 0.15) is 26.6 Å². The van der Waals surface area contributed by atoms with Crippen LogP contribution >= 0.6 is 11.6 Å². The molecule has 9 nitrogen and oxygen atoms in total. The minimum absolute atomic E-state index is 0.00488. The maximum absolute atomic E-state index is 13.0. The van der Waals surface area contributed by atoms with E-state index in [-0.39, 0.29) is 17.8 Å². The summed E-state index contributed by atoms with van der Waals surface area (Å²) in [6, 6.07) is 7.83. The van der Waals surface area contributed by atoms with Crippen LogP contribution in [0, 0.1) is 5.41 Å². The Morgan fingerprint density at radius 3 is 2.35 bits per heavy atom. The molecule has 4 rings (SSSR count). The van der Waals surface area contributed by atoms with E-state index in [4.69, 9.17) is 11.6 Å². The predicted molar refractivity (Wildman–Crippen MR) is 134 cm³/mol. The monoisotopic (exact) mass is 486 g/mol. The third kappa shape index (κ3) is 4.54. The number of nitrogens with zero attached hydrogens (tertiary/aromatic N) is 6. The highest BCUT2D eigenvalue weighted by Crippen LogP contribution is 2.23. The molecule has 1 fully saturated rings. The molecular weight excluding hydrogens is 456 g/mol. The van der Waals surface area contributed by atoms with Gasteiger partial charge in [-0.3, -0.25) is 23.6 Å². The standard InChI is InChI=1S/C24H31ClN6O3/c1-24(2,3)18(32)14-31-19(26-21-20(31)22(33)28(5)23(34)27(21)4)15-29-9-11-30(12-10-29)17-8-6-7-16(25)13-17/h6-8,13H,9-12,14-15H2,1-5H3. The topological polar surface area (TPSA) is 85.4 Å². The summed E-state index contributed by atoms with van der Waals surface area (Å²) in [6.07, 6.45) is 0. The van der Waals surface area contributed by atoms with Gasteiger partial charge >= 0.3 is 5.69 Å². The van der Waals surface area contributed by atoms with Crippen LogP contribution in [0.15, 0.2) is 33.9 Å². The fraction of sp³-hybridized carbons (Fsp3) is 0.500. The van der Waals surface area contributed by atoms with Crippen molar-refractivity contribution >= 4 is 34.2 Å². The first kappa shape index (κ1) is 24.2. The zero-order valence-electron chi connectivity index (χ0n) is 20.3. The van der Waals surface area contributed by atoms with E-state index in [1.165, 1.54) is 11.6 Å². The van der Waals surface area contributed by atoms with E-state index in [1.807, 2.05) is 39.0 Å². The number of hydrogen-bond acceptors (Lipinski definition) is 6. The quantitative estimate of drug-likeness (QED) is 0.548. The maximum Gasteiger partial charge on any atom is 0.332 e. The summed E-state index contributed by atoms with van der Waals surface area (Å²) in [7, 11) is 3.04. The highest BCUT2D eigenvalue weighted by molar-refractivity contribution is 6.30. The lowest BCUT2D eigenvalue weighted by molar-refractivity contribution is -0.126. The van der Waals surface area contributed by atoms with Gasteiger partial charge in [-0.2, -0.15) is 0 Å². The lowest BCUT2D eigenvalue weighted by atomic mass is 9.91. The Hall–Kier alpha value is -2.91. The highest BCUT2D eigenvalue weighted by Gasteiger charge is 2.27. The van der Waals surface area contributed by atoms with Crippen LogP contribution in [0.3, 0.4) is 0 Å². The first-order chi connectivity index (χ1) is 16.0. The second-order valence-corrected chi connectivity index (χ2v) is 10.3.